The summed E-state index contributed by atoms with van der Waals surface area (Å²) in [6.45, 7) is 2.50. The minimum atomic E-state index is -0.968. The number of hydrogen-bond acceptors (Lipinski definition) is 3. The van der Waals surface area contributed by atoms with E-state index in [0.29, 0.717) is 25.4 Å². The third-order valence-corrected chi connectivity index (χ3v) is 5.21. The number of carbonyl (C=O) groups is 1. The Kier molecular flexibility index (Phi) is 9.95. The van der Waals surface area contributed by atoms with Crippen LogP contribution in [0.3, 0.4) is 0 Å². The predicted molar refractivity (Wildman–Crippen MR) is 124 cm³/mol. The number of aliphatic carboxylic acids is 1. The molecule has 0 spiro atoms. The van der Waals surface area contributed by atoms with Gasteiger partial charge in [-0.2, -0.15) is 0 Å². The van der Waals surface area contributed by atoms with Crippen molar-refractivity contribution in [2.24, 2.45) is 0 Å². The Hall–Kier alpha value is -1.59. The number of benzene rings is 2. The molecule has 0 aromatic heterocycles. The van der Waals surface area contributed by atoms with E-state index < -0.39 is 12.1 Å². The van der Waals surface area contributed by atoms with Gasteiger partial charge in [-0.15, -0.1) is 0 Å². The highest BCUT2D eigenvalue weighted by molar-refractivity contribution is 9.11. The van der Waals surface area contributed by atoms with Gasteiger partial charge in [0.05, 0.1) is 4.47 Å². The van der Waals surface area contributed by atoms with Crippen LogP contribution < -0.4 is 4.74 Å². The summed E-state index contributed by atoms with van der Waals surface area (Å²) in [5, 5.41) is 9.19. The van der Waals surface area contributed by atoms with E-state index in [2.05, 4.69) is 59.6 Å². The fourth-order valence-corrected chi connectivity index (χ4v) is 4.25. The highest BCUT2D eigenvalue weighted by atomic mass is 79.9. The second-order valence-electron chi connectivity index (χ2n) is 5.89. The zero-order valence-corrected chi connectivity index (χ0v) is 20.4. The molecule has 0 radical (unpaired) electrons. The average Bonchev–Trinajstić information content (AvgIpc) is 2.64. The van der Waals surface area contributed by atoms with E-state index in [1.54, 1.807) is 13.0 Å². The van der Waals surface area contributed by atoms with E-state index >= 15 is 0 Å². The second kappa shape index (κ2) is 12.2. The number of allylic oxidation sites excluding steroid dienone is 1. The van der Waals surface area contributed by atoms with Gasteiger partial charge in [-0.25, -0.2) is 4.79 Å². The third-order valence-electron chi connectivity index (χ3n) is 3.68. The molecule has 1 N–H and O–H groups in total. The van der Waals surface area contributed by atoms with Crippen LogP contribution in [-0.4, -0.2) is 30.4 Å². The molecule has 0 aliphatic carbocycles. The Labute approximate surface area is 195 Å². The van der Waals surface area contributed by atoms with Crippen molar-refractivity contribution in [3.8, 4) is 17.6 Å². The molecule has 152 valence electrons. The molecular weight excluding hydrogens is 568 g/mol. The Balaban J connectivity index is 1.90. The van der Waals surface area contributed by atoms with E-state index in [1.165, 1.54) is 0 Å². The lowest BCUT2D eigenvalue weighted by atomic mass is 10.1. The van der Waals surface area contributed by atoms with Gasteiger partial charge >= 0.3 is 5.97 Å². The molecule has 0 aliphatic rings. The lowest BCUT2D eigenvalue weighted by Crippen LogP contribution is -2.26. The molecular formula is C22H19Br3O4. The number of carboxylic acid groups (broad SMARTS) is 1. The Morgan fingerprint density at radius 3 is 2.52 bits per heavy atom. The van der Waals surface area contributed by atoms with Crippen molar-refractivity contribution >= 4 is 53.8 Å². The van der Waals surface area contributed by atoms with E-state index in [9.17, 15) is 9.90 Å². The molecule has 0 bridgehead atoms. The fraction of sp³-hybridized carbons (Fsp3) is 0.227. The summed E-state index contributed by atoms with van der Waals surface area (Å²) in [5.74, 6) is 5.74. The summed E-state index contributed by atoms with van der Waals surface area (Å²) < 4.78 is 13.7. The highest BCUT2D eigenvalue weighted by Gasteiger charge is 2.18. The van der Waals surface area contributed by atoms with Crippen LogP contribution in [0.25, 0.3) is 0 Å². The lowest BCUT2D eigenvalue weighted by Gasteiger charge is -2.13. The van der Waals surface area contributed by atoms with Crippen LogP contribution >= 0.6 is 47.8 Å². The zero-order chi connectivity index (χ0) is 21.2. The molecule has 2 aromatic carbocycles. The predicted octanol–water partition coefficient (Wildman–Crippen LogP) is 5.99. The molecule has 29 heavy (non-hydrogen) atoms. The monoisotopic (exact) mass is 584 g/mol. The minimum Gasteiger partial charge on any atom is -0.488 e. The van der Waals surface area contributed by atoms with Crippen molar-refractivity contribution in [1.82, 2.24) is 0 Å². The molecule has 0 heterocycles. The molecule has 7 heteroatoms. The van der Waals surface area contributed by atoms with Crippen LogP contribution in [0, 0.1) is 11.8 Å². The standard InChI is InChI=1S/C22H19Br3O4/c1-2-28-21(22(26)27)13-16-7-8-20(19(25)12-16)29-9-5-3-4-6-15-10-17(23)14-18(24)11-15/h3,5,7-8,10-12,14,21H,2,9,13H2,1H3,(H,26,27)/b5-3-. The van der Waals surface area contributed by atoms with Crippen LogP contribution in [0.4, 0.5) is 0 Å². The molecule has 0 amide bonds. The number of carboxylic acids is 1. The summed E-state index contributed by atoms with van der Waals surface area (Å²) in [6, 6.07) is 11.3. The maximum atomic E-state index is 11.2. The average molecular weight is 587 g/mol. The fourth-order valence-electron chi connectivity index (χ4n) is 2.42. The van der Waals surface area contributed by atoms with Gasteiger partial charge in [0.25, 0.3) is 0 Å². The molecule has 4 nitrogen and oxygen atoms in total. The van der Waals surface area contributed by atoms with Gasteiger partial charge in [-0.1, -0.05) is 49.8 Å². The summed E-state index contributed by atoms with van der Waals surface area (Å²) in [5.41, 5.74) is 1.76. The van der Waals surface area contributed by atoms with Gasteiger partial charge in [-0.3, -0.25) is 0 Å². The normalized spacial score (nSPS) is 11.7. The van der Waals surface area contributed by atoms with Crippen molar-refractivity contribution in [1.29, 1.82) is 0 Å². The molecule has 2 rings (SSSR count). The number of rotatable bonds is 8. The zero-order valence-electron chi connectivity index (χ0n) is 15.6. The van der Waals surface area contributed by atoms with Crippen LogP contribution in [0.15, 0.2) is 62.0 Å². The second-order valence-corrected chi connectivity index (χ2v) is 8.58. The first-order valence-corrected chi connectivity index (χ1v) is 11.1. The summed E-state index contributed by atoms with van der Waals surface area (Å²) in [4.78, 5) is 11.2. The van der Waals surface area contributed by atoms with E-state index in [1.807, 2.05) is 42.5 Å². The number of hydrogen-bond donors (Lipinski definition) is 1. The van der Waals surface area contributed by atoms with Crippen LogP contribution in [0.5, 0.6) is 5.75 Å². The molecule has 0 fully saturated rings. The molecule has 0 saturated heterocycles. The quantitative estimate of drug-likeness (QED) is 0.386. The maximum absolute atomic E-state index is 11.2. The van der Waals surface area contributed by atoms with Crippen LogP contribution in [0.2, 0.25) is 0 Å². The molecule has 0 saturated carbocycles. The van der Waals surface area contributed by atoms with Crippen molar-refractivity contribution in [2.45, 2.75) is 19.4 Å². The SMILES string of the molecule is CCOC(Cc1ccc(OC/C=C\C#Cc2cc(Br)cc(Br)c2)c(Br)c1)C(=O)O. The molecule has 2 aromatic rings. The third kappa shape index (κ3) is 8.35. The highest BCUT2D eigenvalue weighted by Crippen LogP contribution is 2.27. The van der Waals surface area contributed by atoms with Crippen molar-refractivity contribution in [2.75, 3.05) is 13.2 Å². The number of halogens is 3. The van der Waals surface area contributed by atoms with E-state index in [-0.39, 0.29) is 0 Å². The van der Waals surface area contributed by atoms with E-state index in [4.69, 9.17) is 9.47 Å². The molecule has 0 aliphatic heterocycles. The first-order chi connectivity index (χ1) is 13.9. The summed E-state index contributed by atoms with van der Waals surface area (Å²) >= 11 is 10.3. The van der Waals surface area contributed by atoms with Crippen molar-refractivity contribution in [3.63, 3.8) is 0 Å². The van der Waals surface area contributed by atoms with E-state index in [0.717, 1.165) is 24.5 Å². The topological polar surface area (TPSA) is 55.8 Å². The first kappa shape index (κ1) is 23.7. The molecule has 1 unspecified atom stereocenters. The Bertz CT molecular complexity index is 925. The van der Waals surface area contributed by atoms with Gasteiger partial charge in [0.1, 0.15) is 12.4 Å². The first-order valence-electron chi connectivity index (χ1n) is 8.77. The minimum absolute atomic E-state index is 0.295. The Morgan fingerprint density at radius 1 is 1.17 bits per heavy atom. The van der Waals surface area contributed by atoms with Crippen LogP contribution in [-0.2, 0) is 16.0 Å². The van der Waals surface area contributed by atoms with Crippen LogP contribution in [0.1, 0.15) is 18.1 Å². The smallest absolute Gasteiger partial charge is 0.333 e. The van der Waals surface area contributed by atoms with Crippen molar-refractivity contribution < 1.29 is 19.4 Å². The van der Waals surface area contributed by atoms with Gasteiger partial charge in [0, 0.05) is 27.5 Å². The van der Waals surface area contributed by atoms with Gasteiger partial charge in [0.2, 0.25) is 0 Å². The lowest BCUT2D eigenvalue weighted by molar-refractivity contribution is -0.149. The van der Waals surface area contributed by atoms with Gasteiger partial charge in [0.15, 0.2) is 6.10 Å². The van der Waals surface area contributed by atoms with Crippen molar-refractivity contribution in [3.05, 3.63) is 73.1 Å². The van der Waals surface area contributed by atoms with Gasteiger partial charge < -0.3 is 14.6 Å². The van der Waals surface area contributed by atoms with Gasteiger partial charge in [-0.05, 0) is 70.9 Å². The largest absolute Gasteiger partial charge is 0.488 e. The number of ether oxygens (including phenoxy) is 2. The summed E-state index contributed by atoms with van der Waals surface area (Å²) in [7, 11) is 0. The summed E-state index contributed by atoms with van der Waals surface area (Å²) in [6.07, 6.45) is 3.02. The molecule has 1 atom stereocenters. The Morgan fingerprint density at radius 2 is 1.90 bits per heavy atom. The maximum Gasteiger partial charge on any atom is 0.333 e.